The van der Waals surface area contributed by atoms with Gasteiger partial charge in [-0.2, -0.15) is 5.26 Å². The van der Waals surface area contributed by atoms with Gasteiger partial charge >= 0.3 is 0 Å². The molecule has 0 aliphatic rings. The highest BCUT2D eigenvalue weighted by Crippen LogP contribution is 2.33. The lowest BCUT2D eigenvalue weighted by molar-refractivity contribution is 0.478. The highest BCUT2D eigenvalue weighted by molar-refractivity contribution is 7.92. The lowest BCUT2D eigenvalue weighted by Gasteiger charge is -2.11. The van der Waals surface area contributed by atoms with Crippen LogP contribution in [0.15, 0.2) is 41.3 Å². The van der Waals surface area contributed by atoms with Gasteiger partial charge in [-0.25, -0.2) is 8.42 Å². The minimum Gasteiger partial charge on any atom is -0.504 e. The number of hydrogen-bond donors (Lipinski definition) is 2. The molecule has 8 heteroatoms. The van der Waals surface area contributed by atoms with Gasteiger partial charge in [0.1, 0.15) is 4.90 Å². The third kappa shape index (κ3) is 3.22. The number of phenolic OH excluding ortho intramolecular Hbond substituents is 1. The van der Waals surface area contributed by atoms with E-state index in [-0.39, 0.29) is 31.9 Å². The van der Waals surface area contributed by atoms with E-state index in [1.54, 1.807) is 0 Å². The topological polar surface area (TPSA) is 90.2 Å². The second-order valence-corrected chi connectivity index (χ2v) is 6.46. The molecular formula is C13H8Cl2N2O3S. The molecule has 0 amide bonds. The molecule has 2 N–H and O–H groups in total. The van der Waals surface area contributed by atoms with Crippen LogP contribution in [0.2, 0.25) is 10.0 Å². The minimum absolute atomic E-state index is 0.0149. The van der Waals surface area contributed by atoms with Gasteiger partial charge < -0.3 is 5.11 Å². The van der Waals surface area contributed by atoms with Gasteiger partial charge in [0.05, 0.1) is 27.4 Å². The van der Waals surface area contributed by atoms with Crippen molar-refractivity contribution in [2.45, 2.75) is 4.90 Å². The molecule has 0 aliphatic heterocycles. The molecule has 2 aromatic rings. The summed E-state index contributed by atoms with van der Waals surface area (Å²) in [6, 6.07) is 9.91. The smallest absolute Gasteiger partial charge is 0.263 e. The van der Waals surface area contributed by atoms with E-state index in [4.69, 9.17) is 28.5 Å². The zero-order valence-corrected chi connectivity index (χ0v) is 12.7. The number of hydrogen-bond acceptors (Lipinski definition) is 4. The van der Waals surface area contributed by atoms with Crippen LogP contribution in [0.1, 0.15) is 5.56 Å². The molecule has 0 spiro atoms. The molecule has 0 fully saturated rings. The number of rotatable bonds is 3. The van der Waals surface area contributed by atoms with Gasteiger partial charge in [0.25, 0.3) is 10.0 Å². The Labute approximate surface area is 131 Å². The predicted molar refractivity (Wildman–Crippen MR) is 80.1 cm³/mol. The predicted octanol–water partition coefficient (Wildman–Crippen LogP) is 3.37. The highest BCUT2D eigenvalue weighted by atomic mass is 35.5. The third-order valence-electron chi connectivity index (χ3n) is 2.58. The Morgan fingerprint density at radius 1 is 1.14 bits per heavy atom. The summed E-state index contributed by atoms with van der Waals surface area (Å²) >= 11 is 11.6. The van der Waals surface area contributed by atoms with Crippen molar-refractivity contribution in [1.29, 1.82) is 5.26 Å². The zero-order chi connectivity index (χ0) is 15.6. The SMILES string of the molecule is N#Cc1ccc(S(=O)(=O)Nc2cccc(Cl)c2O)c(Cl)c1. The maximum Gasteiger partial charge on any atom is 0.263 e. The highest BCUT2D eigenvalue weighted by Gasteiger charge is 2.20. The third-order valence-corrected chi connectivity index (χ3v) is 4.74. The van der Waals surface area contributed by atoms with E-state index in [2.05, 4.69) is 4.72 Å². The molecule has 108 valence electrons. The standard InChI is InChI=1S/C13H8Cl2N2O3S/c14-9-2-1-3-11(13(9)18)17-21(19,20)12-5-4-8(7-16)6-10(12)15/h1-6,17-18H. The van der Waals surface area contributed by atoms with Gasteiger partial charge in [0, 0.05) is 0 Å². The van der Waals surface area contributed by atoms with Crippen LogP contribution in [0.4, 0.5) is 5.69 Å². The maximum absolute atomic E-state index is 12.3. The van der Waals surface area contributed by atoms with Crippen LogP contribution < -0.4 is 4.72 Å². The Morgan fingerprint density at radius 3 is 2.48 bits per heavy atom. The number of nitriles is 1. The van der Waals surface area contributed by atoms with Gasteiger partial charge in [-0.1, -0.05) is 29.3 Å². The summed E-state index contributed by atoms with van der Waals surface area (Å²) in [5, 5.41) is 18.4. The summed E-state index contributed by atoms with van der Waals surface area (Å²) < 4.78 is 26.7. The first-order chi connectivity index (χ1) is 9.85. The Morgan fingerprint density at radius 2 is 1.86 bits per heavy atom. The second-order valence-electron chi connectivity index (χ2n) is 4.00. The summed E-state index contributed by atoms with van der Waals surface area (Å²) in [5.41, 5.74) is 0.174. The molecule has 5 nitrogen and oxygen atoms in total. The van der Waals surface area contributed by atoms with Crippen molar-refractivity contribution in [2.75, 3.05) is 4.72 Å². The van der Waals surface area contributed by atoms with Crippen LogP contribution >= 0.6 is 23.2 Å². The Hall–Kier alpha value is -1.94. The zero-order valence-electron chi connectivity index (χ0n) is 10.3. The van der Waals surface area contributed by atoms with E-state index in [0.29, 0.717) is 0 Å². The molecule has 0 saturated heterocycles. The van der Waals surface area contributed by atoms with Crippen molar-refractivity contribution in [3.63, 3.8) is 0 Å². The number of nitrogens with zero attached hydrogens (tertiary/aromatic N) is 1. The van der Waals surface area contributed by atoms with Crippen molar-refractivity contribution in [3.8, 4) is 11.8 Å². The number of nitrogens with one attached hydrogen (secondary N) is 1. The molecule has 0 unspecified atom stereocenters. The van der Waals surface area contributed by atoms with Gasteiger partial charge in [-0.15, -0.1) is 0 Å². The fraction of sp³-hybridized carbons (Fsp3) is 0. The van der Waals surface area contributed by atoms with Crippen LogP contribution in [-0.2, 0) is 10.0 Å². The quantitative estimate of drug-likeness (QED) is 0.836. The fourth-order valence-corrected chi connectivity index (χ4v) is 3.37. The summed E-state index contributed by atoms with van der Waals surface area (Å²) in [6.07, 6.45) is 0. The minimum atomic E-state index is -4.02. The van der Waals surface area contributed by atoms with Gasteiger partial charge in [-0.05, 0) is 30.3 Å². The Bertz CT molecular complexity index is 845. The van der Waals surface area contributed by atoms with Gasteiger partial charge in [-0.3, -0.25) is 4.72 Å². The molecule has 0 aliphatic carbocycles. The number of aromatic hydroxyl groups is 1. The molecule has 0 atom stereocenters. The Kier molecular flexibility index (Phi) is 4.28. The van der Waals surface area contributed by atoms with Crippen LogP contribution in [0.3, 0.4) is 0 Å². The van der Waals surface area contributed by atoms with Crippen molar-refractivity contribution < 1.29 is 13.5 Å². The van der Waals surface area contributed by atoms with Gasteiger partial charge in [0.2, 0.25) is 0 Å². The van der Waals surface area contributed by atoms with E-state index in [0.717, 1.165) is 0 Å². The summed E-state index contributed by atoms with van der Waals surface area (Å²) in [5.74, 6) is -0.382. The van der Waals surface area contributed by atoms with Crippen molar-refractivity contribution in [3.05, 3.63) is 52.0 Å². The number of benzene rings is 2. The molecule has 2 rings (SSSR count). The number of sulfonamides is 1. The second kappa shape index (κ2) is 5.82. The first-order valence-corrected chi connectivity index (χ1v) is 7.79. The van der Waals surface area contributed by atoms with Crippen molar-refractivity contribution in [1.82, 2.24) is 0 Å². The first kappa shape index (κ1) is 15.4. The summed E-state index contributed by atoms with van der Waals surface area (Å²) in [6.45, 7) is 0. The van der Waals surface area contributed by atoms with E-state index in [1.807, 2.05) is 6.07 Å². The van der Waals surface area contributed by atoms with E-state index >= 15 is 0 Å². The summed E-state index contributed by atoms with van der Waals surface area (Å²) in [7, 11) is -4.02. The lowest BCUT2D eigenvalue weighted by Crippen LogP contribution is -2.13. The average molecular weight is 343 g/mol. The average Bonchev–Trinajstić information content (AvgIpc) is 2.43. The molecule has 0 heterocycles. The molecule has 0 saturated carbocycles. The van der Waals surface area contributed by atoms with E-state index in [9.17, 15) is 13.5 Å². The maximum atomic E-state index is 12.3. The molecule has 2 aromatic carbocycles. The van der Waals surface area contributed by atoms with Crippen molar-refractivity contribution in [2.24, 2.45) is 0 Å². The van der Waals surface area contributed by atoms with E-state index in [1.165, 1.54) is 36.4 Å². The van der Waals surface area contributed by atoms with E-state index < -0.39 is 10.0 Å². The molecule has 0 aromatic heterocycles. The fourth-order valence-electron chi connectivity index (χ4n) is 1.59. The summed E-state index contributed by atoms with van der Waals surface area (Å²) in [4.78, 5) is -0.206. The number of para-hydroxylation sites is 1. The molecule has 0 bridgehead atoms. The van der Waals surface area contributed by atoms with Crippen LogP contribution in [0.5, 0.6) is 5.75 Å². The molecular weight excluding hydrogens is 335 g/mol. The number of halogens is 2. The lowest BCUT2D eigenvalue weighted by atomic mass is 10.2. The molecule has 0 radical (unpaired) electrons. The van der Waals surface area contributed by atoms with Gasteiger partial charge in [0.15, 0.2) is 5.75 Å². The number of phenols is 1. The largest absolute Gasteiger partial charge is 0.504 e. The Balaban J connectivity index is 2.44. The molecule has 21 heavy (non-hydrogen) atoms. The monoisotopic (exact) mass is 342 g/mol. The van der Waals surface area contributed by atoms with Crippen molar-refractivity contribution >= 4 is 38.9 Å². The van der Waals surface area contributed by atoms with Crippen LogP contribution in [0, 0.1) is 11.3 Å². The first-order valence-electron chi connectivity index (χ1n) is 5.55. The van der Waals surface area contributed by atoms with Crippen LogP contribution in [0.25, 0.3) is 0 Å². The number of anilines is 1. The normalized spacial score (nSPS) is 10.9. The van der Waals surface area contributed by atoms with Crippen LogP contribution in [-0.4, -0.2) is 13.5 Å².